The van der Waals surface area contributed by atoms with Gasteiger partial charge in [-0.3, -0.25) is 28.8 Å². The average molecular weight is 604 g/mol. The number of imide groups is 1. The van der Waals surface area contributed by atoms with E-state index in [0.717, 1.165) is 5.56 Å². The van der Waals surface area contributed by atoms with Gasteiger partial charge in [-0.05, 0) is 37.3 Å². The molecule has 4 atom stereocenters. The molecule has 0 saturated carbocycles. The van der Waals surface area contributed by atoms with Crippen molar-refractivity contribution in [1.29, 1.82) is 0 Å². The number of nitrogens with one attached hydrogen (secondary N) is 3. The molecule has 2 fully saturated rings. The summed E-state index contributed by atoms with van der Waals surface area (Å²) in [5, 5.41) is 8.48. The van der Waals surface area contributed by atoms with Crippen LogP contribution in [0.1, 0.15) is 51.5 Å². The summed E-state index contributed by atoms with van der Waals surface area (Å²) in [5.41, 5.74) is 0.804. The lowest BCUT2D eigenvalue weighted by Crippen LogP contribution is -2.55. The van der Waals surface area contributed by atoms with Crippen LogP contribution in [0.3, 0.4) is 0 Å². The third-order valence-electron chi connectivity index (χ3n) is 6.96. The van der Waals surface area contributed by atoms with Crippen molar-refractivity contribution in [3.63, 3.8) is 0 Å². The largest absolute Gasteiger partial charge is 0.354 e. The van der Waals surface area contributed by atoms with E-state index in [0.29, 0.717) is 17.2 Å². The maximum absolute atomic E-state index is 13.6. The standard InChI is InChI=1S/C28H37N5O8S/c1-17-15-21(31-26(38)20(12-14-42-3)30-18(2)34)28(40)32(17)22(16-19-7-5-4-6-8-19)27(39)29-13-11-25(37)41-33-23(35)9-10-24(33)36/h4-8,17,20-22H,9-16H2,1-3H3,(H,29,39)(H,30,34)(H,31,38)/t17?,20-,21-,22-/m0/s1. The highest BCUT2D eigenvalue weighted by molar-refractivity contribution is 7.98. The van der Waals surface area contributed by atoms with Crippen LogP contribution >= 0.6 is 11.8 Å². The highest BCUT2D eigenvalue weighted by Gasteiger charge is 2.44. The third-order valence-corrected chi connectivity index (χ3v) is 7.61. The lowest BCUT2D eigenvalue weighted by atomic mass is 10.0. The van der Waals surface area contributed by atoms with Crippen molar-refractivity contribution in [1.82, 2.24) is 25.9 Å². The number of rotatable bonds is 14. The molecule has 1 aromatic carbocycles. The predicted molar refractivity (Wildman–Crippen MR) is 152 cm³/mol. The molecule has 1 unspecified atom stereocenters. The molecule has 2 aliphatic rings. The molecule has 13 nitrogen and oxygen atoms in total. The number of amides is 6. The molecule has 2 saturated heterocycles. The first-order chi connectivity index (χ1) is 20.0. The molecule has 2 aliphatic heterocycles. The molecule has 228 valence electrons. The zero-order chi connectivity index (χ0) is 30.8. The Morgan fingerprint density at radius 3 is 2.33 bits per heavy atom. The monoisotopic (exact) mass is 603 g/mol. The molecule has 0 aliphatic carbocycles. The van der Waals surface area contributed by atoms with Crippen molar-refractivity contribution < 1.29 is 38.4 Å². The van der Waals surface area contributed by atoms with Crippen LogP contribution in [-0.4, -0.2) is 94.1 Å². The Morgan fingerprint density at radius 2 is 1.71 bits per heavy atom. The molecule has 0 bridgehead atoms. The Hall–Kier alpha value is -3.94. The van der Waals surface area contributed by atoms with Crippen molar-refractivity contribution in [2.24, 2.45) is 0 Å². The van der Waals surface area contributed by atoms with Crippen LogP contribution in [0, 0.1) is 0 Å². The van der Waals surface area contributed by atoms with Gasteiger partial charge >= 0.3 is 5.97 Å². The molecule has 42 heavy (non-hydrogen) atoms. The molecule has 0 radical (unpaired) electrons. The quantitative estimate of drug-likeness (QED) is 0.249. The minimum atomic E-state index is -0.947. The van der Waals surface area contributed by atoms with E-state index in [1.54, 1.807) is 6.92 Å². The summed E-state index contributed by atoms with van der Waals surface area (Å²) in [6.45, 7) is 2.96. The van der Waals surface area contributed by atoms with Gasteiger partial charge in [0.1, 0.15) is 18.1 Å². The Bertz CT molecular complexity index is 1180. The average Bonchev–Trinajstić information content (AvgIpc) is 3.41. The fraction of sp³-hybridized carbons (Fsp3) is 0.536. The Kier molecular flexibility index (Phi) is 11.9. The Labute approximate surface area is 248 Å². The van der Waals surface area contributed by atoms with Gasteiger partial charge in [0.15, 0.2) is 0 Å². The van der Waals surface area contributed by atoms with Crippen molar-refractivity contribution in [2.45, 2.75) is 76.5 Å². The Morgan fingerprint density at radius 1 is 1.05 bits per heavy atom. The van der Waals surface area contributed by atoms with Gasteiger partial charge in [-0.2, -0.15) is 11.8 Å². The van der Waals surface area contributed by atoms with Gasteiger partial charge in [0.05, 0.1) is 6.42 Å². The van der Waals surface area contributed by atoms with Crippen LogP contribution in [0.15, 0.2) is 30.3 Å². The SMILES string of the molecule is CSCC[C@H](NC(C)=O)C(=O)N[C@H]1CC(C)N([C@@H](Cc2ccccc2)C(=O)NCCC(=O)ON2C(=O)CCC2=O)C1=O. The van der Waals surface area contributed by atoms with Gasteiger partial charge < -0.3 is 25.7 Å². The molecular weight excluding hydrogens is 566 g/mol. The van der Waals surface area contributed by atoms with Crippen LogP contribution in [0.5, 0.6) is 0 Å². The first kappa shape index (κ1) is 32.6. The number of hydrogen-bond acceptors (Lipinski definition) is 9. The number of benzene rings is 1. The van der Waals surface area contributed by atoms with Crippen molar-refractivity contribution in [2.75, 3.05) is 18.6 Å². The number of carbonyl (C=O) groups excluding carboxylic acids is 7. The Balaban J connectivity index is 1.68. The summed E-state index contributed by atoms with van der Waals surface area (Å²) in [6.07, 6.45) is 2.38. The number of likely N-dealkylation sites (tertiary alicyclic amines) is 1. The summed E-state index contributed by atoms with van der Waals surface area (Å²) in [6, 6.07) is 6.11. The lowest BCUT2D eigenvalue weighted by Gasteiger charge is -2.31. The highest BCUT2D eigenvalue weighted by atomic mass is 32.2. The normalized spacial score (nSPS) is 19.8. The highest BCUT2D eigenvalue weighted by Crippen LogP contribution is 2.25. The zero-order valence-corrected chi connectivity index (χ0v) is 24.7. The first-order valence-electron chi connectivity index (χ1n) is 13.8. The van der Waals surface area contributed by atoms with Gasteiger partial charge in [-0.25, -0.2) is 4.79 Å². The number of hydrogen-bond donors (Lipinski definition) is 3. The van der Waals surface area contributed by atoms with E-state index in [2.05, 4.69) is 16.0 Å². The maximum Gasteiger partial charge on any atom is 0.334 e. The zero-order valence-electron chi connectivity index (χ0n) is 23.9. The number of nitrogens with zero attached hydrogens (tertiary/aromatic N) is 2. The lowest BCUT2D eigenvalue weighted by molar-refractivity contribution is -0.197. The molecule has 0 spiro atoms. The van der Waals surface area contributed by atoms with Gasteiger partial charge in [-0.1, -0.05) is 30.3 Å². The minimum absolute atomic E-state index is 0.0286. The van der Waals surface area contributed by atoms with E-state index in [9.17, 15) is 33.6 Å². The third kappa shape index (κ3) is 8.78. The van der Waals surface area contributed by atoms with Gasteiger partial charge in [0, 0.05) is 38.8 Å². The van der Waals surface area contributed by atoms with E-state index >= 15 is 0 Å². The smallest absolute Gasteiger partial charge is 0.334 e. The molecular formula is C28H37N5O8S. The molecule has 3 N–H and O–H groups in total. The van der Waals surface area contributed by atoms with Crippen LogP contribution in [0.2, 0.25) is 0 Å². The molecule has 14 heteroatoms. The summed E-state index contributed by atoms with van der Waals surface area (Å²) >= 11 is 1.53. The van der Waals surface area contributed by atoms with E-state index < -0.39 is 59.7 Å². The summed E-state index contributed by atoms with van der Waals surface area (Å²) in [5.74, 6) is -3.19. The predicted octanol–water partition coefficient (Wildman–Crippen LogP) is 0.0746. The summed E-state index contributed by atoms with van der Waals surface area (Å²) in [7, 11) is 0. The van der Waals surface area contributed by atoms with Gasteiger partial charge in [0.25, 0.3) is 11.8 Å². The van der Waals surface area contributed by atoms with Crippen LogP contribution in [0.25, 0.3) is 0 Å². The van der Waals surface area contributed by atoms with Crippen LogP contribution in [-0.2, 0) is 44.8 Å². The van der Waals surface area contributed by atoms with E-state index in [1.165, 1.54) is 23.6 Å². The van der Waals surface area contributed by atoms with E-state index in [-0.39, 0.29) is 44.6 Å². The fourth-order valence-corrected chi connectivity index (χ4v) is 5.39. The van der Waals surface area contributed by atoms with Crippen molar-refractivity contribution in [3.8, 4) is 0 Å². The number of carbonyl (C=O) groups is 7. The van der Waals surface area contributed by atoms with Gasteiger partial charge in [0.2, 0.25) is 23.6 Å². The molecule has 2 heterocycles. The first-order valence-corrected chi connectivity index (χ1v) is 15.2. The summed E-state index contributed by atoms with van der Waals surface area (Å²) in [4.78, 5) is 93.4. The molecule has 0 aromatic heterocycles. The van der Waals surface area contributed by atoms with E-state index in [4.69, 9.17) is 4.84 Å². The molecule has 6 amide bonds. The van der Waals surface area contributed by atoms with Crippen molar-refractivity contribution >= 4 is 53.2 Å². The fourth-order valence-electron chi connectivity index (χ4n) is 4.92. The van der Waals surface area contributed by atoms with Crippen LogP contribution < -0.4 is 16.0 Å². The topological polar surface area (TPSA) is 171 Å². The molecule has 3 rings (SSSR count). The molecule has 1 aromatic rings. The second-order valence-electron chi connectivity index (χ2n) is 10.2. The minimum Gasteiger partial charge on any atom is -0.354 e. The second kappa shape index (κ2) is 15.3. The number of thioether (sulfide) groups is 1. The number of hydroxylamine groups is 2. The maximum atomic E-state index is 13.6. The summed E-state index contributed by atoms with van der Waals surface area (Å²) < 4.78 is 0. The van der Waals surface area contributed by atoms with E-state index in [1.807, 2.05) is 36.6 Å². The van der Waals surface area contributed by atoms with Crippen LogP contribution in [0.4, 0.5) is 0 Å². The van der Waals surface area contributed by atoms with Gasteiger partial charge in [-0.15, -0.1) is 5.06 Å². The van der Waals surface area contributed by atoms with Crippen molar-refractivity contribution in [3.05, 3.63) is 35.9 Å². The second-order valence-corrected chi connectivity index (χ2v) is 11.2.